The molecule has 1 amide bonds. The van der Waals surface area contributed by atoms with Gasteiger partial charge >= 0.3 is 12.1 Å². The fourth-order valence-corrected chi connectivity index (χ4v) is 3.94. The number of aromatic nitrogens is 3. The summed E-state index contributed by atoms with van der Waals surface area (Å²) >= 11 is 0. The number of carboxylic acid groups (broad SMARTS) is 1. The summed E-state index contributed by atoms with van der Waals surface area (Å²) in [6.45, 7) is 1.82. The van der Waals surface area contributed by atoms with E-state index in [9.17, 15) is 14.7 Å². The number of fused-ring (bicyclic) bond motifs is 1. The molecule has 8 heteroatoms. The van der Waals surface area contributed by atoms with Gasteiger partial charge in [0.2, 0.25) is 0 Å². The number of hydrogen-bond donors (Lipinski definition) is 2. The van der Waals surface area contributed by atoms with Crippen molar-refractivity contribution in [2.45, 2.75) is 25.9 Å². The van der Waals surface area contributed by atoms with Crippen LogP contribution < -0.4 is 5.32 Å². The van der Waals surface area contributed by atoms with Gasteiger partial charge in [-0.3, -0.25) is 14.8 Å². The van der Waals surface area contributed by atoms with Crippen molar-refractivity contribution < 1.29 is 19.4 Å². The Kier molecular flexibility index (Phi) is 5.90. The summed E-state index contributed by atoms with van der Waals surface area (Å²) in [6, 6.07) is 18.9. The highest BCUT2D eigenvalue weighted by Gasteiger charge is 2.49. The Morgan fingerprint density at radius 1 is 1.14 bits per heavy atom. The van der Waals surface area contributed by atoms with Gasteiger partial charge in [-0.2, -0.15) is 5.10 Å². The van der Waals surface area contributed by atoms with Crippen LogP contribution in [0.5, 0.6) is 0 Å². The Balaban J connectivity index is 1.35. The third-order valence-electron chi connectivity index (χ3n) is 6.30. The van der Waals surface area contributed by atoms with Gasteiger partial charge in [-0.15, -0.1) is 0 Å². The number of ether oxygens (including phenoxy) is 1. The lowest BCUT2D eigenvalue weighted by atomic mass is 10.0. The Morgan fingerprint density at radius 3 is 2.64 bits per heavy atom. The van der Waals surface area contributed by atoms with Gasteiger partial charge in [0.05, 0.1) is 11.7 Å². The SMILES string of the molecule is CC(OC(=O)Nc1c(-c2ccc3nc(C#CC4(C(=O)O)CC4)ccc3c2)cnn1C)c1ccccc1. The fraction of sp³-hybridized carbons (Fsp3) is 0.214. The first-order valence-electron chi connectivity index (χ1n) is 11.6. The van der Waals surface area contributed by atoms with E-state index in [0.29, 0.717) is 24.4 Å². The second-order valence-electron chi connectivity index (χ2n) is 8.85. The second-order valence-corrected chi connectivity index (χ2v) is 8.85. The van der Waals surface area contributed by atoms with Gasteiger partial charge < -0.3 is 9.84 Å². The topological polar surface area (TPSA) is 106 Å². The normalized spacial score (nSPS) is 14.4. The Hall–Kier alpha value is -4.64. The highest BCUT2D eigenvalue weighted by Crippen LogP contribution is 2.45. The number of aliphatic carboxylic acids is 1. The number of pyridine rings is 1. The smallest absolute Gasteiger partial charge is 0.413 e. The Morgan fingerprint density at radius 2 is 1.92 bits per heavy atom. The number of hydrogen-bond acceptors (Lipinski definition) is 5. The number of rotatable bonds is 5. The molecular weight excluding hydrogens is 456 g/mol. The van der Waals surface area contributed by atoms with Crippen molar-refractivity contribution in [3.8, 4) is 23.0 Å². The molecule has 2 aromatic heterocycles. The van der Waals surface area contributed by atoms with Crippen LogP contribution in [0.15, 0.2) is 66.9 Å². The zero-order valence-electron chi connectivity index (χ0n) is 19.9. The predicted molar refractivity (Wildman–Crippen MR) is 135 cm³/mol. The molecule has 0 aliphatic heterocycles. The zero-order chi connectivity index (χ0) is 25.3. The summed E-state index contributed by atoms with van der Waals surface area (Å²) in [5, 5.41) is 17.3. The lowest BCUT2D eigenvalue weighted by Gasteiger charge is -2.15. The first-order chi connectivity index (χ1) is 17.3. The van der Waals surface area contributed by atoms with Gasteiger partial charge in [-0.25, -0.2) is 9.78 Å². The quantitative estimate of drug-likeness (QED) is 0.382. The van der Waals surface area contributed by atoms with Crippen molar-refractivity contribution in [2.75, 3.05) is 5.32 Å². The molecule has 2 N–H and O–H groups in total. The average molecular weight is 481 g/mol. The maximum Gasteiger partial charge on any atom is 0.413 e. The molecule has 8 nitrogen and oxygen atoms in total. The van der Waals surface area contributed by atoms with Crippen molar-refractivity contribution in [1.29, 1.82) is 0 Å². The van der Waals surface area contributed by atoms with Gasteiger partial charge in [0, 0.05) is 18.0 Å². The highest BCUT2D eigenvalue weighted by molar-refractivity contribution is 5.92. The van der Waals surface area contributed by atoms with E-state index in [0.717, 1.165) is 27.6 Å². The first kappa shape index (κ1) is 23.1. The van der Waals surface area contributed by atoms with Crippen LogP contribution in [-0.2, 0) is 16.6 Å². The van der Waals surface area contributed by atoms with E-state index in [2.05, 4.69) is 27.2 Å². The number of carbonyl (C=O) groups excluding carboxylic acids is 1. The molecule has 1 aliphatic rings. The van der Waals surface area contributed by atoms with Crippen LogP contribution in [0.25, 0.3) is 22.0 Å². The molecule has 1 saturated carbocycles. The lowest BCUT2D eigenvalue weighted by Crippen LogP contribution is -2.18. The van der Waals surface area contributed by atoms with E-state index in [1.54, 1.807) is 24.0 Å². The molecule has 2 aromatic carbocycles. The summed E-state index contributed by atoms with van der Waals surface area (Å²) in [4.78, 5) is 28.5. The minimum atomic E-state index is -0.912. The summed E-state index contributed by atoms with van der Waals surface area (Å²) < 4.78 is 7.14. The van der Waals surface area contributed by atoms with Crippen LogP contribution in [0.2, 0.25) is 0 Å². The van der Waals surface area contributed by atoms with E-state index in [1.807, 2.05) is 61.5 Å². The number of amides is 1. The summed E-state index contributed by atoms with van der Waals surface area (Å²) in [5.41, 5.74) is 2.85. The van der Waals surface area contributed by atoms with Crippen molar-refractivity contribution >= 4 is 28.8 Å². The largest absolute Gasteiger partial charge is 0.480 e. The van der Waals surface area contributed by atoms with Crippen LogP contribution >= 0.6 is 0 Å². The summed E-state index contributed by atoms with van der Waals surface area (Å²) in [7, 11) is 1.75. The van der Waals surface area contributed by atoms with Crippen LogP contribution in [0.1, 0.15) is 37.1 Å². The molecule has 0 bridgehead atoms. The maximum atomic E-state index is 12.6. The highest BCUT2D eigenvalue weighted by atomic mass is 16.6. The van der Waals surface area contributed by atoms with Gasteiger partial charge in [0.1, 0.15) is 23.0 Å². The predicted octanol–water partition coefficient (Wildman–Crippen LogP) is 5.16. The molecule has 0 radical (unpaired) electrons. The van der Waals surface area contributed by atoms with Crippen molar-refractivity contribution in [3.05, 3.63) is 78.1 Å². The standard InChI is InChI=1S/C28H24N4O4/c1-18(19-6-4-3-5-7-19)36-27(35)31-25-23(17-29-32(25)2)20-9-11-24-21(16-20)8-10-22(30-24)12-13-28(14-15-28)26(33)34/h3-11,16-18H,14-15H2,1-2H3,(H,31,35)(H,33,34). The van der Waals surface area contributed by atoms with Crippen molar-refractivity contribution in [2.24, 2.45) is 12.5 Å². The van der Waals surface area contributed by atoms with E-state index < -0.39 is 23.6 Å². The fourth-order valence-electron chi connectivity index (χ4n) is 3.94. The van der Waals surface area contributed by atoms with E-state index in [-0.39, 0.29) is 0 Å². The molecule has 1 atom stereocenters. The van der Waals surface area contributed by atoms with Gasteiger partial charge in [0.15, 0.2) is 0 Å². The Labute approximate surface area is 207 Å². The third kappa shape index (κ3) is 4.64. The number of carboxylic acids is 1. The van der Waals surface area contributed by atoms with Gasteiger partial charge in [-0.05, 0) is 61.1 Å². The number of anilines is 1. The second kappa shape index (κ2) is 9.19. The molecule has 2 heterocycles. The molecule has 1 unspecified atom stereocenters. The van der Waals surface area contributed by atoms with Crippen molar-refractivity contribution in [1.82, 2.24) is 14.8 Å². The number of carbonyl (C=O) groups is 2. The lowest BCUT2D eigenvalue weighted by molar-refractivity contribution is -0.141. The Bertz CT molecular complexity index is 1530. The molecule has 36 heavy (non-hydrogen) atoms. The maximum absolute atomic E-state index is 12.6. The zero-order valence-corrected chi connectivity index (χ0v) is 19.9. The molecule has 180 valence electrons. The minimum Gasteiger partial charge on any atom is -0.480 e. The van der Waals surface area contributed by atoms with E-state index in [4.69, 9.17) is 4.74 Å². The number of benzene rings is 2. The van der Waals surface area contributed by atoms with E-state index in [1.165, 1.54) is 0 Å². The summed E-state index contributed by atoms with van der Waals surface area (Å²) in [5.74, 6) is 5.41. The number of nitrogens with one attached hydrogen (secondary N) is 1. The van der Waals surface area contributed by atoms with Crippen LogP contribution in [0.4, 0.5) is 10.6 Å². The van der Waals surface area contributed by atoms with E-state index >= 15 is 0 Å². The third-order valence-corrected chi connectivity index (χ3v) is 6.30. The molecule has 1 aliphatic carbocycles. The molecule has 1 fully saturated rings. The van der Waals surface area contributed by atoms with Crippen molar-refractivity contribution in [3.63, 3.8) is 0 Å². The van der Waals surface area contributed by atoms with Crippen LogP contribution in [-0.4, -0.2) is 31.9 Å². The summed E-state index contributed by atoms with van der Waals surface area (Å²) in [6.07, 6.45) is 1.86. The molecule has 5 rings (SSSR count). The number of nitrogens with zero attached hydrogens (tertiary/aromatic N) is 3. The van der Waals surface area contributed by atoms with Gasteiger partial charge in [-0.1, -0.05) is 42.3 Å². The molecule has 0 saturated heterocycles. The monoisotopic (exact) mass is 480 g/mol. The van der Waals surface area contributed by atoms with Gasteiger partial charge in [0.25, 0.3) is 0 Å². The molecule has 0 spiro atoms. The molecule has 4 aromatic rings. The first-order valence-corrected chi connectivity index (χ1v) is 11.6. The van der Waals surface area contributed by atoms with Crippen LogP contribution in [0, 0.1) is 17.3 Å². The van der Waals surface area contributed by atoms with Crippen LogP contribution in [0.3, 0.4) is 0 Å². The minimum absolute atomic E-state index is 0.405. The number of aryl methyl sites for hydroxylation is 1. The molecular formula is C28H24N4O4. The average Bonchev–Trinajstić information content (AvgIpc) is 3.60.